The van der Waals surface area contributed by atoms with Gasteiger partial charge in [-0.15, -0.1) is 0 Å². The van der Waals surface area contributed by atoms with Gasteiger partial charge in [-0.25, -0.2) is 4.98 Å². The van der Waals surface area contributed by atoms with Crippen LogP contribution >= 0.6 is 0 Å². The molecule has 3 aromatic heterocycles. The molecule has 0 saturated carbocycles. The van der Waals surface area contributed by atoms with Crippen LogP contribution < -0.4 is 10.2 Å². The van der Waals surface area contributed by atoms with Crippen molar-refractivity contribution in [3.8, 4) is 0 Å². The largest absolute Gasteiger partial charge is 0.352 e. The smallest absolute Gasteiger partial charge is 0.276 e. The first-order valence-corrected chi connectivity index (χ1v) is 12.0. The number of pyridine rings is 2. The summed E-state index contributed by atoms with van der Waals surface area (Å²) in [6, 6.07) is 14.7. The second kappa shape index (κ2) is 10.1. The predicted molar refractivity (Wildman–Crippen MR) is 135 cm³/mol. The van der Waals surface area contributed by atoms with E-state index in [0.29, 0.717) is 36.6 Å². The zero-order chi connectivity index (χ0) is 25.1. The Kier molecular flexibility index (Phi) is 6.53. The summed E-state index contributed by atoms with van der Waals surface area (Å²) in [5, 5.41) is 7.65. The monoisotopic (exact) mass is 481 g/mol. The Morgan fingerprint density at radius 3 is 2.61 bits per heavy atom. The van der Waals surface area contributed by atoms with E-state index in [-0.39, 0.29) is 23.8 Å². The van der Waals surface area contributed by atoms with E-state index in [1.807, 2.05) is 38.1 Å². The third-order valence-electron chi connectivity index (χ3n) is 6.27. The average molecular weight is 482 g/mol. The summed E-state index contributed by atoms with van der Waals surface area (Å²) in [6.07, 6.45) is 7.51. The van der Waals surface area contributed by atoms with E-state index in [0.717, 1.165) is 16.8 Å². The zero-order valence-corrected chi connectivity index (χ0v) is 20.2. The van der Waals surface area contributed by atoms with Crippen molar-refractivity contribution in [1.29, 1.82) is 0 Å². The highest BCUT2D eigenvalue weighted by Crippen LogP contribution is 2.40. The molecule has 0 radical (unpaired) electrons. The summed E-state index contributed by atoms with van der Waals surface area (Å²) in [4.78, 5) is 40.8. The van der Waals surface area contributed by atoms with Gasteiger partial charge in [0, 0.05) is 49.0 Å². The summed E-state index contributed by atoms with van der Waals surface area (Å²) in [7, 11) is 0. The first-order valence-electron chi connectivity index (χ1n) is 12.0. The summed E-state index contributed by atoms with van der Waals surface area (Å²) in [6.45, 7) is 4.95. The molecule has 0 bridgehead atoms. The lowest BCUT2D eigenvalue weighted by Crippen LogP contribution is -2.30. The third kappa shape index (κ3) is 4.72. The number of rotatable bonds is 7. The van der Waals surface area contributed by atoms with Crippen molar-refractivity contribution in [3.05, 3.63) is 102 Å². The molecular formula is C27H27N7O2. The molecule has 1 N–H and O–H groups in total. The molecule has 36 heavy (non-hydrogen) atoms. The lowest BCUT2D eigenvalue weighted by atomic mass is 9.98. The van der Waals surface area contributed by atoms with Gasteiger partial charge in [0.2, 0.25) is 0 Å². The van der Waals surface area contributed by atoms with Crippen molar-refractivity contribution >= 4 is 17.5 Å². The molecule has 1 aromatic carbocycles. The van der Waals surface area contributed by atoms with Crippen LogP contribution in [-0.4, -0.2) is 49.6 Å². The molecule has 1 aliphatic heterocycles. The second-order valence-electron chi connectivity index (χ2n) is 8.99. The van der Waals surface area contributed by atoms with E-state index < -0.39 is 0 Å². The van der Waals surface area contributed by atoms with Crippen LogP contribution in [0.15, 0.2) is 73.4 Å². The van der Waals surface area contributed by atoms with E-state index in [9.17, 15) is 9.59 Å². The Labute approximate surface area is 209 Å². The molecule has 2 amide bonds. The molecule has 4 aromatic rings. The fourth-order valence-electron chi connectivity index (χ4n) is 4.31. The van der Waals surface area contributed by atoms with Crippen molar-refractivity contribution in [1.82, 2.24) is 30.0 Å². The van der Waals surface area contributed by atoms with Gasteiger partial charge >= 0.3 is 0 Å². The second-order valence-corrected chi connectivity index (χ2v) is 8.99. The summed E-state index contributed by atoms with van der Waals surface area (Å²) in [5.74, 6) is 0.00622. The van der Waals surface area contributed by atoms with E-state index in [2.05, 4.69) is 25.4 Å². The Morgan fingerprint density at radius 2 is 1.89 bits per heavy atom. The maximum Gasteiger partial charge on any atom is 0.276 e. The highest BCUT2D eigenvalue weighted by molar-refractivity contribution is 6.07. The number of carbonyl (C=O) groups excluding carboxylic acids is 2. The number of anilines is 1. The van der Waals surface area contributed by atoms with Crippen LogP contribution in [0.4, 0.5) is 5.69 Å². The van der Waals surface area contributed by atoms with Gasteiger partial charge in [0.15, 0.2) is 5.82 Å². The van der Waals surface area contributed by atoms with Gasteiger partial charge in [0.25, 0.3) is 11.8 Å². The van der Waals surface area contributed by atoms with Gasteiger partial charge in [-0.3, -0.25) is 24.2 Å². The van der Waals surface area contributed by atoms with Crippen LogP contribution in [0, 0.1) is 0 Å². The molecule has 1 atom stereocenters. The molecular weight excluding hydrogens is 454 g/mol. The quantitative estimate of drug-likeness (QED) is 0.434. The maximum atomic E-state index is 13.3. The van der Waals surface area contributed by atoms with Crippen LogP contribution in [0.3, 0.4) is 0 Å². The van der Waals surface area contributed by atoms with E-state index in [4.69, 9.17) is 0 Å². The highest BCUT2D eigenvalue weighted by atomic mass is 16.2. The summed E-state index contributed by atoms with van der Waals surface area (Å²) >= 11 is 0. The number of fused-ring (bicyclic) bond motifs is 1. The number of amides is 2. The Morgan fingerprint density at radius 1 is 1.06 bits per heavy atom. The minimum absolute atomic E-state index is 0.163. The molecule has 182 valence electrons. The zero-order valence-electron chi connectivity index (χ0n) is 20.2. The molecule has 5 rings (SSSR count). The normalized spacial score (nSPS) is 14.6. The minimum Gasteiger partial charge on any atom is -0.352 e. The minimum atomic E-state index is -0.253. The predicted octanol–water partition coefficient (Wildman–Crippen LogP) is 3.41. The molecule has 0 aliphatic carbocycles. The Hall–Kier alpha value is -4.40. The standard InChI is InChI=1S/C27H27N7O2/c1-18(2)34-17-31-25(32-34)22-16-33(27(36)23-5-3-4-11-29-23)24-7-6-20(15-21(22)24)26(35)30-14-10-19-8-12-28-13-9-19/h3-9,11-13,15,17-18,22H,10,14,16H2,1-2H3,(H,30,35)/t22-/m0/s1. The maximum absolute atomic E-state index is 13.3. The van der Waals surface area contributed by atoms with E-state index in [1.54, 1.807) is 58.8 Å². The highest BCUT2D eigenvalue weighted by Gasteiger charge is 2.37. The van der Waals surface area contributed by atoms with E-state index in [1.165, 1.54) is 0 Å². The number of nitrogens with zero attached hydrogens (tertiary/aromatic N) is 6. The SMILES string of the molecule is CC(C)n1cnc([C@H]2CN(C(=O)c3ccccn3)c3ccc(C(=O)NCCc4ccncc4)cc32)n1. The average Bonchev–Trinajstić information content (AvgIpc) is 3.54. The van der Waals surface area contributed by atoms with Gasteiger partial charge in [-0.2, -0.15) is 5.10 Å². The summed E-state index contributed by atoms with van der Waals surface area (Å²) < 4.78 is 1.80. The molecule has 1 aliphatic rings. The van der Waals surface area contributed by atoms with Crippen molar-refractivity contribution in [2.75, 3.05) is 18.0 Å². The number of benzene rings is 1. The number of carbonyl (C=O) groups is 2. The van der Waals surface area contributed by atoms with Crippen LogP contribution in [0.2, 0.25) is 0 Å². The number of aromatic nitrogens is 5. The molecule has 9 heteroatoms. The van der Waals surface area contributed by atoms with Gasteiger partial charge < -0.3 is 10.2 Å². The summed E-state index contributed by atoms with van der Waals surface area (Å²) in [5.41, 5.74) is 3.59. The Balaban J connectivity index is 1.42. The van der Waals surface area contributed by atoms with Crippen molar-refractivity contribution in [2.24, 2.45) is 0 Å². The fraction of sp³-hybridized carbons (Fsp3) is 0.259. The van der Waals surface area contributed by atoms with Crippen LogP contribution in [0.1, 0.15) is 63.6 Å². The Bertz CT molecular complexity index is 1370. The third-order valence-corrected chi connectivity index (χ3v) is 6.27. The lowest BCUT2D eigenvalue weighted by Gasteiger charge is -2.17. The van der Waals surface area contributed by atoms with Crippen molar-refractivity contribution in [3.63, 3.8) is 0 Å². The number of hydrogen-bond acceptors (Lipinski definition) is 6. The number of nitrogens with one attached hydrogen (secondary N) is 1. The first-order chi connectivity index (χ1) is 17.5. The van der Waals surface area contributed by atoms with Crippen molar-refractivity contribution < 1.29 is 9.59 Å². The lowest BCUT2D eigenvalue weighted by molar-refractivity contribution is 0.0952. The molecule has 4 heterocycles. The molecule has 9 nitrogen and oxygen atoms in total. The fourth-order valence-corrected chi connectivity index (χ4v) is 4.31. The first kappa shape index (κ1) is 23.3. The van der Waals surface area contributed by atoms with Crippen LogP contribution in [-0.2, 0) is 6.42 Å². The van der Waals surface area contributed by atoms with Gasteiger partial charge in [-0.1, -0.05) is 6.07 Å². The van der Waals surface area contributed by atoms with Crippen LogP contribution in [0.5, 0.6) is 0 Å². The van der Waals surface area contributed by atoms with Gasteiger partial charge in [0.1, 0.15) is 12.0 Å². The van der Waals surface area contributed by atoms with Gasteiger partial charge in [0.05, 0.1) is 5.92 Å². The van der Waals surface area contributed by atoms with E-state index >= 15 is 0 Å². The van der Waals surface area contributed by atoms with Crippen LogP contribution in [0.25, 0.3) is 0 Å². The number of hydrogen-bond donors (Lipinski definition) is 1. The van der Waals surface area contributed by atoms with Crippen molar-refractivity contribution in [2.45, 2.75) is 32.2 Å². The molecule has 0 spiro atoms. The topological polar surface area (TPSA) is 106 Å². The molecule has 0 saturated heterocycles. The molecule has 0 unspecified atom stereocenters. The van der Waals surface area contributed by atoms with Gasteiger partial charge in [-0.05, 0) is 73.9 Å². The molecule has 0 fully saturated rings.